The Balaban J connectivity index is 2.04. The quantitative estimate of drug-likeness (QED) is 0.886. The smallest absolute Gasteiger partial charge is 0.243 e. The van der Waals surface area contributed by atoms with Crippen molar-refractivity contribution in [3.8, 4) is 0 Å². The molecule has 5 nitrogen and oxygen atoms in total. The summed E-state index contributed by atoms with van der Waals surface area (Å²) >= 11 is 0. The van der Waals surface area contributed by atoms with Crippen LogP contribution in [0.1, 0.15) is 39.0 Å². The summed E-state index contributed by atoms with van der Waals surface area (Å²) in [6, 6.07) is 4.18. The number of furan rings is 1. The van der Waals surface area contributed by atoms with Crippen LogP contribution < -0.4 is 4.90 Å². The number of likely N-dealkylation sites (tertiary alicyclic amines) is 1. The number of quaternary nitrogens is 1. The molecule has 1 saturated heterocycles. The topological polar surface area (TPSA) is 50.2 Å². The molecule has 0 radical (unpaired) electrons. The molecule has 1 unspecified atom stereocenters. The van der Waals surface area contributed by atoms with Crippen LogP contribution in [0.5, 0.6) is 0 Å². The number of rotatable bonds is 2. The maximum absolute atomic E-state index is 12.3. The number of hydrazone groups is 1. The predicted molar refractivity (Wildman–Crippen MR) is 79.9 cm³/mol. The summed E-state index contributed by atoms with van der Waals surface area (Å²) in [6.07, 6.45) is 2.14. The molecule has 2 aliphatic heterocycles. The number of fused-ring (bicyclic) bond motifs is 1. The average Bonchev–Trinajstić information content (AvgIpc) is 3.10. The Bertz CT molecular complexity index is 552. The van der Waals surface area contributed by atoms with E-state index < -0.39 is 0 Å². The van der Waals surface area contributed by atoms with Crippen molar-refractivity contribution in [3.63, 3.8) is 0 Å². The van der Waals surface area contributed by atoms with Gasteiger partial charge in [-0.05, 0) is 19.1 Å². The Morgan fingerprint density at radius 3 is 2.90 bits per heavy atom. The molecule has 0 bridgehead atoms. The molecule has 1 N–H and O–H groups in total. The van der Waals surface area contributed by atoms with Crippen LogP contribution in [-0.2, 0) is 4.79 Å². The summed E-state index contributed by atoms with van der Waals surface area (Å²) in [5.74, 6) is 1.55. The van der Waals surface area contributed by atoms with Crippen LogP contribution >= 0.6 is 0 Å². The van der Waals surface area contributed by atoms with Crippen LogP contribution in [0.3, 0.4) is 0 Å². The van der Waals surface area contributed by atoms with E-state index >= 15 is 0 Å². The lowest BCUT2D eigenvalue weighted by Gasteiger charge is -2.38. The van der Waals surface area contributed by atoms with Crippen molar-refractivity contribution in [3.05, 3.63) is 24.2 Å². The Morgan fingerprint density at radius 2 is 2.29 bits per heavy atom. The minimum atomic E-state index is -0.0878. The number of amides is 1. The van der Waals surface area contributed by atoms with Gasteiger partial charge in [0.15, 0.2) is 0 Å². The van der Waals surface area contributed by atoms with E-state index in [9.17, 15) is 4.79 Å². The second kappa shape index (κ2) is 5.30. The third kappa shape index (κ3) is 2.20. The van der Waals surface area contributed by atoms with Gasteiger partial charge < -0.3 is 9.32 Å². The molecular formula is C16H24N3O2+. The molecular weight excluding hydrogens is 266 g/mol. The average molecular weight is 290 g/mol. The van der Waals surface area contributed by atoms with E-state index in [4.69, 9.17) is 9.52 Å². The number of nitrogens with one attached hydrogen (secondary N) is 1. The molecule has 3 rings (SSSR count). The van der Waals surface area contributed by atoms with Crippen molar-refractivity contribution in [2.24, 2.45) is 16.9 Å². The molecule has 5 heteroatoms. The highest BCUT2D eigenvalue weighted by Gasteiger charge is 2.51. The molecule has 0 spiro atoms. The Hall–Kier alpha value is -1.62. The lowest BCUT2D eigenvalue weighted by atomic mass is 9.78. The third-order valence-electron chi connectivity index (χ3n) is 5.01. The van der Waals surface area contributed by atoms with Crippen LogP contribution in [0.15, 0.2) is 27.9 Å². The summed E-state index contributed by atoms with van der Waals surface area (Å²) in [6.45, 7) is 7.40. The van der Waals surface area contributed by atoms with Gasteiger partial charge in [-0.2, -0.15) is 5.10 Å². The van der Waals surface area contributed by atoms with Gasteiger partial charge >= 0.3 is 0 Å². The molecule has 21 heavy (non-hydrogen) atoms. The molecule has 0 aliphatic carbocycles. The van der Waals surface area contributed by atoms with E-state index in [1.165, 1.54) is 4.90 Å². The van der Waals surface area contributed by atoms with Gasteiger partial charge in [0.05, 0.1) is 37.5 Å². The van der Waals surface area contributed by atoms with Crippen LogP contribution in [0, 0.1) is 11.8 Å². The highest BCUT2D eigenvalue weighted by Crippen LogP contribution is 2.40. The van der Waals surface area contributed by atoms with E-state index in [-0.39, 0.29) is 17.9 Å². The van der Waals surface area contributed by atoms with Gasteiger partial charge in [0.1, 0.15) is 11.8 Å². The Morgan fingerprint density at radius 1 is 1.52 bits per heavy atom. The minimum Gasteiger partial charge on any atom is -0.467 e. The van der Waals surface area contributed by atoms with Crippen molar-refractivity contribution in [2.45, 2.75) is 39.3 Å². The van der Waals surface area contributed by atoms with Gasteiger partial charge in [-0.1, -0.05) is 13.8 Å². The molecule has 114 valence electrons. The monoisotopic (exact) mass is 290 g/mol. The molecule has 0 aromatic carbocycles. The SMILES string of the molecule is CCC(=O)N1N=C2[C@@H]([C@@H]1c1ccco1)[C@H](C)[NH+](C)C[C@@H]2C. The number of piperidine rings is 1. The molecule has 0 saturated carbocycles. The Kier molecular flexibility index (Phi) is 3.61. The summed E-state index contributed by atoms with van der Waals surface area (Å²) in [5.41, 5.74) is 1.16. The summed E-state index contributed by atoms with van der Waals surface area (Å²) in [7, 11) is 2.22. The zero-order valence-electron chi connectivity index (χ0n) is 13.2. The van der Waals surface area contributed by atoms with Crippen molar-refractivity contribution in [2.75, 3.05) is 13.6 Å². The maximum Gasteiger partial charge on any atom is 0.243 e. The third-order valence-corrected chi connectivity index (χ3v) is 5.01. The largest absolute Gasteiger partial charge is 0.467 e. The van der Waals surface area contributed by atoms with Gasteiger partial charge in [-0.25, -0.2) is 5.01 Å². The van der Waals surface area contributed by atoms with Gasteiger partial charge in [-0.3, -0.25) is 4.79 Å². The molecule has 1 amide bonds. The fraction of sp³-hybridized carbons (Fsp3) is 0.625. The first-order valence-electron chi connectivity index (χ1n) is 7.80. The number of hydrogen-bond donors (Lipinski definition) is 1. The molecule has 1 fully saturated rings. The molecule has 1 aromatic rings. The van der Waals surface area contributed by atoms with E-state index in [0.717, 1.165) is 18.0 Å². The number of hydrogen-bond acceptors (Lipinski definition) is 3. The van der Waals surface area contributed by atoms with Crippen LogP contribution in [0.25, 0.3) is 0 Å². The van der Waals surface area contributed by atoms with Gasteiger partial charge in [0.25, 0.3) is 0 Å². The van der Waals surface area contributed by atoms with Crippen molar-refractivity contribution in [1.29, 1.82) is 0 Å². The number of carbonyl (C=O) groups excluding carboxylic acids is 1. The maximum atomic E-state index is 12.3. The van der Waals surface area contributed by atoms with E-state index in [0.29, 0.717) is 18.4 Å². The van der Waals surface area contributed by atoms with E-state index in [1.807, 2.05) is 19.1 Å². The van der Waals surface area contributed by atoms with Crippen LogP contribution in [-0.4, -0.2) is 36.3 Å². The normalized spacial score (nSPS) is 35.5. The van der Waals surface area contributed by atoms with Crippen LogP contribution in [0.4, 0.5) is 0 Å². The zero-order valence-corrected chi connectivity index (χ0v) is 13.2. The lowest BCUT2D eigenvalue weighted by molar-refractivity contribution is -0.912. The van der Waals surface area contributed by atoms with Crippen molar-refractivity contribution < 1.29 is 14.1 Å². The standard InChI is InChI=1S/C16H23N3O2/c1-5-13(20)19-16(12-7-6-8-21-12)14-11(3)18(4)9-10(2)15(14)17-19/h6-8,10-11,14,16H,5,9H2,1-4H3/p+1/t10-,11-,14-,16-/m0/s1. The summed E-state index contributed by atoms with van der Waals surface area (Å²) in [4.78, 5) is 13.8. The van der Waals surface area contributed by atoms with Gasteiger partial charge in [0.2, 0.25) is 5.91 Å². The molecule has 5 atom stereocenters. The van der Waals surface area contributed by atoms with E-state index in [2.05, 4.69) is 20.9 Å². The Labute approximate surface area is 125 Å². The van der Waals surface area contributed by atoms with Gasteiger partial charge in [0, 0.05) is 12.3 Å². The highest BCUT2D eigenvalue weighted by atomic mass is 16.3. The first kappa shape index (κ1) is 14.3. The summed E-state index contributed by atoms with van der Waals surface area (Å²) < 4.78 is 5.63. The lowest BCUT2D eigenvalue weighted by Crippen LogP contribution is -3.15. The second-order valence-corrected chi connectivity index (χ2v) is 6.34. The first-order valence-corrected chi connectivity index (χ1v) is 7.80. The first-order chi connectivity index (χ1) is 10.0. The highest BCUT2D eigenvalue weighted by molar-refractivity contribution is 5.94. The molecule has 1 aromatic heterocycles. The van der Waals surface area contributed by atoms with Crippen molar-refractivity contribution >= 4 is 11.6 Å². The van der Waals surface area contributed by atoms with E-state index in [1.54, 1.807) is 11.3 Å². The number of nitrogens with zero attached hydrogens (tertiary/aromatic N) is 2. The molecule has 3 heterocycles. The fourth-order valence-corrected chi connectivity index (χ4v) is 3.73. The second-order valence-electron chi connectivity index (χ2n) is 6.34. The van der Waals surface area contributed by atoms with Gasteiger partial charge in [-0.15, -0.1) is 0 Å². The zero-order chi connectivity index (χ0) is 15.1. The van der Waals surface area contributed by atoms with Crippen LogP contribution in [0.2, 0.25) is 0 Å². The van der Waals surface area contributed by atoms with Crippen molar-refractivity contribution in [1.82, 2.24) is 5.01 Å². The minimum absolute atomic E-state index is 0.0651. The predicted octanol–water partition coefficient (Wildman–Crippen LogP) is 1.10. The number of carbonyl (C=O) groups is 1. The fourth-order valence-electron chi connectivity index (χ4n) is 3.73. The molecule has 2 aliphatic rings. The summed E-state index contributed by atoms with van der Waals surface area (Å²) in [5, 5.41) is 6.38.